The second-order valence-electron chi connectivity index (χ2n) is 6.32. The Labute approximate surface area is 126 Å². The van der Waals surface area contributed by atoms with Gasteiger partial charge in [-0.1, -0.05) is 37.2 Å². The fourth-order valence-electron chi connectivity index (χ4n) is 1.85. The molecule has 5 heteroatoms. The Morgan fingerprint density at radius 1 is 1.33 bits per heavy atom. The highest BCUT2D eigenvalue weighted by atomic mass is 16.6. The highest BCUT2D eigenvalue weighted by Gasteiger charge is 2.18. The average Bonchev–Trinajstić information content (AvgIpc) is 2.34. The van der Waals surface area contributed by atoms with Crippen LogP contribution < -0.4 is 5.32 Å². The van der Waals surface area contributed by atoms with E-state index in [9.17, 15) is 10.0 Å². The van der Waals surface area contributed by atoms with Crippen molar-refractivity contribution in [2.75, 3.05) is 5.32 Å². The van der Waals surface area contributed by atoms with Crippen molar-refractivity contribution in [2.45, 2.75) is 46.6 Å². The van der Waals surface area contributed by atoms with E-state index >= 15 is 0 Å². The van der Waals surface area contributed by atoms with Gasteiger partial charge in [-0.3, -0.25) is 5.32 Å². The second kappa shape index (κ2) is 7.11. The lowest BCUT2D eigenvalue weighted by atomic mass is 9.99. The minimum Gasteiger partial charge on any atom is -0.444 e. The highest BCUT2D eigenvalue weighted by molar-refractivity contribution is 6.06. The Morgan fingerprint density at radius 3 is 2.48 bits per heavy atom. The summed E-state index contributed by atoms with van der Waals surface area (Å²) in [5, 5.41) is 15.3. The molecule has 116 valence electrons. The quantitative estimate of drug-likeness (QED) is 0.495. The maximum absolute atomic E-state index is 11.9. The number of hydrogen-bond donors (Lipinski definition) is 2. The van der Waals surface area contributed by atoms with Gasteiger partial charge in [-0.25, -0.2) is 4.79 Å². The summed E-state index contributed by atoms with van der Waals surface area (Å²) in [6, 6.07) is 7.20. The zero-order valence-electron chi connectivity index (χ0n) is 13.3. The predicted molar refractivity (Wildman–Crippen MR) is 84.1 cm³/mol. The molecule has 0 aliphatic rings. The zero-order valence-corrected chi connectivity index (χ0v) is 13.3. The van der Waals surface area contributed by atoms with E-state index in [0.717, 1.165) is 0 Å². The van der Waals surface area contributed by atoms with Gasteiger partial charge >= 0.3 is 6.09 Å². The smallest absolute Gasteiger partial charge is 0.412 e. The largest absolute Gasteiger partial charge is 0.444 e. The van der Waals surface area contributed by atoms with Crippen LogP contribution in [0.3, 0.4) is 0 Å². The van der Waals surface area contributed by atoms with Crippen molar-refractivity contribution in [1.82, 2.24) is 0 Å². The molecule has 0 bridgehead atoms. The summed E-state index contributed by atoms with van der Waals surface area (Å²) in [6.45, 7) is 9.48. The number of carbonyl (C=O) groups is 1. The summed E-state index contributed by atoms with van der Waals surface area (Å²) in [5.74, 6) is 0.338. The van der Waals surface area contributed by atoms with Crippen molar-refractivity contribution in [2.24, 2.45) is 11.1 Å². The van der Waals surface area contributed by atoms with Gasteiger partial charge in [-0.2, -0.15) is 0 Å². The molecular formula is C16H24N2O3. The molecule has 0 fully saturated rings. The molecule has 0 saturated carbocycles. The van der Waals surface area contributed by atoms with Crippen LogP contribution in [-0.4, -0.2) is 22.6 Å². The molecule has 0 aliphatic heterocycles. The number of nitrogens with one attached hydrogen (secondary N) is 1. The lowest BCUT2D eigenvalue weighted by Gasteiger charge is -2.20. The van der Waals surface area contributed by atoms with E-state index < -0.39 is 11.7 Å². The van der Waals surface area contributed by atoms with Crippen molar-refractivity contribution in [3.05, 3.63) is 29.8 Å². The molecule has 1 aromatic rings. The molecule has 0 aromatic heterocycles. The van der Waals surface area contributed by atoms with E-state index in [2.05, 4.69) is 10.5 Å². The minimum atomic E-state index is -0.565. The van der Waals surface area contributed by atoms with Crippen LogP contribution in [0.5, 0.6) is 0 Å². The lowest BCUT2D eigenvalue weighted by Crippen LogP contribution is -2.27. The molecule has 5 nitrogen and oxygen atoms in total. The molecule has 0 radical (unpaired) electrons. The number of carbonyl (C=O) groups excluding carboxylic acids is 1. The molecule has 0 heterocycles. The fourth-order valence-corrected chi connectivity index (χ4v) is 1.85. The molecule has 1 rings (SSSR count). The van der Waals surface area contributed by atoms with Gasteiger partial charge in [0.05, 0.1) is 11.4 Å². The number of para-hydroxylation sites is 1. The highest BCUT2D eigenvalue weighted by Crippen LogP contribution is 2.20. The number of nitrogens with zero attached hydrogens (tertiary/aromatic N) is 1. The fraction of sp³-hybridized carbons (Fsp3) is 0.500. The summed E-state index contributed by atoms with van der Waals surface area (Å²) >= 11 is 0. The predicted octanol–water partition coefficient (Wildman–Crippen LogP) is 4.26. The third-order valence-corrected chi connectivity index (χ3v) is 2.60. The second-order valence-corrected chi connectivity index (χ2v) is 6.32. The van der Waals surface area contributed by atoms with Crippen molar-refractivity contribution in [1.29, 1.82) is 0 Å². The molecule has 0 atom stereocenters. The summed E-state index contributed by atoms with van der Waals surface area (Å²) < 4.78 is 5.24. The first kappa shape index (κ1) is 17.0. The number of benzene rings is 1. The van der Waals surface area contributed by atoms with Gasteiger partial charge in [0.2, 0.25) is 0 Å². The zero-order chi connectivity index (χ0) is 16.0. The Balaban J connectivity index is 2.96. The third-order valence-electron chi connectivity index (χ3n) is 2.60. The molecular weight excluding hydrogens is 268 g/mol. The van der Waals surface area contributed by atoms with Gasteiger partial charge in [0.15, 0.2) is 0 Å². The van der Waals surface area contributed by atoms with E-state index in [1.54, 1.807) is 32.9 Å². The van der Waals surface area contributed by atoms with Gasteiger partial charge in [-0.05, 0) is 39.2 Å². The van der Waals surface area contributed by atoms with Gasteiger partial charge in [0.1, 0.15) is 5.60 Å². The first-order valence-corrected chi connectivity index (χ1v) is 7.03. The monoisotopic (exact) mass is 292 g/mol. The van der Waals surface area contributed by atoms with Gasteiger partial charge in [0, 0.05) is 5.56 Å². The van der Waals surface area contributed by atoms with Crippen LogP contribution in [0.1, 0.15) is 46.6 Å². The van der Waals surface area contributed by atoms with Crippen LogP contribution in [0.25, 0.3) is 0 Å². The third kappa shape index (κ3) is 5.85. The van der Waals surface area contributed by atoms with E-state index in [1.165, 1.54) is 0 Å². The Bertz CT molecular complexity index is 516. The van der Waals surface area contributed by atoms with Gasteiger partial charge in [-0.15, -0.1) is 0 Å². The summed E-state index contributed by atoms with van der Waals surface area (Å²) in [4.78, 5) is 11.9. The molecule has 0 spiro atoms. The minimum absolute atomic E-state index is 0.338. The van der Waals surface area contributed by atoms with E-state index in [0.29, 0.717) is 29.3 Å². The number of ether oxygens (including phenoxy) is 1. The van der Waals surface area contributed by atoms with Crippen molar-refractivity contribution in [3.63, 3.8) is 0 Å². The maximum atomic E-state index is 11.9. The van der Waals surface area contributed by atoms with Gasteiger partial charge < -0.3 is 9.94 Å². The van der Waals surface area contributed by atoms with E-state index in [1.807, 2.05) is 26.0 Å². The molecule has 1 amide bonds. The van der Waals surface area contributed by atoms with Crippen LogP contribution >= 0.6 is 0 Å². The topological polar surface area (TPSA) is 70.9 Å². The van der Waals surface area contributed by atoms with Crippen LogP contribution in [0.15, 0.2) is 29.4 Å². The van der Waals surface area contributed by atoms with Crippen LogP contribution in [0.2, 0.25) is 0 Å². The Kier molecular flexibility index (Phi) is 5.76. The Morgan fingerprint density at radius 2 is 1.95 bits per heavy atom. The number of rotatable bonds is 4. The molecule has 2 N–H and O–H groups in total. The van der Waals surface area contributed by atoms with Crippen LogP contribution in [0.4, 0.5) is 10.5 Å². The summed E-state index contributed by atoms with van der Waals surface area (Å²) in [6.07, 6.45) is 0.0838. The number of anilines is 1. The Hall–Kier alpha value is -2.04. The number of amides is 1. The SMILES string of the molecule is CC(C)CC(=NO)c1ccccc1NC(=O)OC(C)(C)C. The number of hydrogen-bond acceptors (Lipinski definition) is 4. The summed E-state index contributed by atoms with van der Waals surface area (Å²) in [7, 11) is 0. The van der Waals surface area contributed by atoms with Gasteiger partial charge in [0.25, 0.3) is 0 Å². The molecule has 0 saturated heterocycles. The van der Waals surface area contributed by atoms with Crippen molar-refractivity contribution < 1.29 is 14.7 Å². The van der Waals surface area contributed by atoms with Crippen LogP contribution in [0, 0.1) is 5.92 Å². The van der Waals surface area contributed by atoms with E-state index in [4.69, 9.17) is 4.74 Å². The first-order chi connectivity index (χ1) is 9.73. The number of oxime groups is 1. The first-order valence-electron chi connectivity index (χ1n) is 7.03. The average molecular weight is 292 g/mol. The molecule has 1 aromatic carbocycles. The van der Waals surface area contributed by atoms with E-state index in [-0.39, 0.29) is 0 Å². The standard InChI is InChI=1S/C16H24N2O3/c1-11(2)10-14(18-20)12-8-6-7-9-13(12)17-15(19)21-16(3,4)5/h6-9,11,20H,10H2,1-5H3,(H,17,19). The van der Waals surface area contributed by atoms with Crippen molar-refractivity contribution in [3.8, 4) is 0 Å². The molecule has 0 aliphatic carbocycles. The molecule has 21 heavy (non-hydrogen) atoms. The van der Waals surface area contributed by atoms with Crippen molar-refractivity contribution >= 4 is 17.5 Å². The normalized spacial score (nSPS) is 12.4. The maximum Gasteiger partial charge on any atom is 0.412 e. The summed E-state index contributed by atoms with van der Waals surface area (Å²) in [5.41, 5.74) is 1.24. The van der Waals surface area contributed by atoms with Crippen LogP contribution in [-0.2, 0) is 4.74 Å². The lowest BCUT2D eigenvalue weighted by molar-refractivity contribution is 0.0636. The molecule has 0 unspecified atom stereocenters.